The van der Waals surface area contributed by atoms with E-state index in [9.17, 15) is 4.79 Å². The molecule has 0 saturated carbocycles. The van der Waals surface area contributed by atoms with Gasteiger partial charge >= 0.3 is 0 Å². The Morgan fingerprint density at radius 1 is 1.40 bits per heavy atom. The number of benzene rings is 1. The number of nitrogens with one attached hydrogen (secondary N) is 1. The van der Waals surface area contributed by atoms with E-state index in [4.69, 9.17) is 16.7 Å². The summed E-state index contributed by atoms with van der Waals surface area (Å²) < 4.78 is 0. The number of hydrogen-bond donors (Lipinski definition) is 2. The maximum Gasteiger partial charge on any atom is 0.241 e. The fraction of sp³-hybridized carbons (Fsp3) is 0.533. The average molecular weight is 299 g/mol. The molecule has 0 aromatic heterocycles. The van der Waals surface area contributed by atoms with Crippen LogP contribution >= 0.6 is 11.6 Å². The Morgan fingerprint density at radius 2 is 2.15 bits per heavy atom. The third kappa shape index (κ3) is 5.02. The molecule has 0 aliphatic carbocycles. The Kier molecular flexibility index (Phi) is 7.41. The molecule has 0 unspecified atom stereocenters. The van der Waals surface area contributed by atoms with E-state index in [1.807, 2.05) is 11.8 Å². The molecule has 0 heterocycles. The first kappa shape index (κ1) is 16.8. The second-order valence-electron chi connectivity index (χ2n) is 4.65. The molecule has 2 N–H and O–H groups in total. The first-order valence-electron chi connectivity index (χ1n) is 7.03. The van der Waals surface area contributed by atoms with Crippen molar-refractivity contribution in [2.75, 3.05) is 25.0 Å². The van der Waals surface area contributed by atoms with Gasteiger partial charge in [0.2, 0.25) is 5.91 Å². The van der Waals surface area contributed by atoms with Gasteiger partial charge in [-0.2, -0.15) is 0 Å². The van der Waals surface area contributed by atoms with Crippen molar-refractivity contribution >= 4 is 23.2 Å². The SMILES string of the molecule is CCCCN(CC)C(=O)CNc1cc(CO)ccc1Cl. The predicted molar refractivity (Wildman–Crippen MR) is 83.0 cm³/mol. The van der Waals surface area contributed by atoms with E-state index in [1.54, 1.807) is 18.2 Å². The Hall–Kier alpha value is -1.26. The molecule has 0 aliphatic heterocycles. The first-order valence-corrected chi connectivity index (χ1v) is 7.41. The predicted octanol–water partition coefficient (Wildman–Crippen LogP) is 2.89. The monoisotopic (exact) mass is 298 g/mol. The zero-order valence-electron chi connectivity index (χ0n) is 12.2. The third-order valence-corrected chi connectivity index (χ3v) is 3.49. The van der Waals surface area contributed by atoms with Crippen LogP contribution in [-0.4, -0.2) is 35.5 Å². The van der Waals surface area contributed by atoms with Gasteiger partial charge in [-0.25, -0.2) is 0 Å². The van der Waals surface area contributed by atoms with Crippen molar-refractivity contribution in [1.29, 1.82) is 0 Å². The van der Waals surface area contributed by atoms with E-state index in [0.29, 0.717) is 17.3 Å². The molecule has 0 saturated heterocycles. The summed E-state index contributed by atoms with van der Waals surface area (Å²) in [4.78, 5) is 13.9. The molecule has 112 valence electrons. The lowest BCUT2D eigenvalue weighted by atomic mass is 10.2. The van der Waals surface area contributed by atoms with Crippen LogP contribution in [0.4, 0.5) is 5.69 Å². The maximum absolute atomic E-state index is 12.1. The van der Waals surface area contributed by atoms with E-state index in [-0.39, 0.29) is 19.1 Å². The van der Waals surface area contributed by atoms with Crippen LogP contribution in [0.1, 0.15) is 32.3 Å². The molecular weight excluding hydrogens is 276 g/mol. The van der Waals surface area contributed by atoms with Crippen molar-refractivity contribution < 1.29 is 9.90 Å². The summed E-state index contributed by atoms with van der Waals surface area (Å²) in [6.07, 6.45) is 2.09. The number of aliphatic hydroxyl groups excluding tert-OH is 1. The summed E-state index contributed by atoms with van der Waals surface area (Å²) in [5.74, 6) is 0.0615. The lowest BCUT2D eigenvalue weighted by Crippen LogP contribution is -2.36. The van der Waals surface area contributed by atoms with Crippen LogP contribution in [-0.2, 0) is 11.4 Å². The van der Waals surface area contributed by atoms with E-state index in [2.05, 4.69) is 12.2 Å². The highest BCUT2D eigenvalue weighted by Gasteiger charge is 2.11. The molecule has 20 heavy (non-hydrogen) atoms. The number of amides is 1. The number of nitrogens with zero attached hydrogens (tertiary/aromatic N) is 1. The Morgan fingerprint density at radius 3 is 2.75 bits per heavy atom. The Labute approximate surface area is 125 Å². The number of likely N-dealkylation sites (N-methyl/N-ethyl adjacent to an activating group) is 1. The molecule has 1 aromatic carbocycles. The van der Waals surface area contributed by atoms with Gasteiger partial charge in [0.25, 0.3) is 0 Å². The van der Waals surface area contributed by atoms with Gasteiger partial charge in [-0.05, 0) is 31.0 Å². The molecule has 1 amide bonds. The van der Waals surface area contributed by atoms with Crippen LogP contribution in [0.25, 0.3) is 0 Å². The summed E-state index contributed by atoms with van der Waals surface area (Å²) in [6, 6.07) is 5.24. The molecule has 0 atom stereocenters. The van der Waals surface area contributed by atoms with Gasteiger partial charge in [-0.1, -0.05) is 31.0 Å². The van der Waals surface area contributed by atoms with Crippen molar-refractivity contribution in [3.8, 4) is 0 Å². The van der Waals surface area contributed by atoms with Crippen LogP contribution in [0.5, 0.6) is 0 Å². The summed E-state index contributed by atoms with van der Waals surface area (Å²) in [7, 11) is 0. The lowest BCUT2D eigenvalue weighted by Gasteiger charge is -2.21. The second-order valence-corrected chi connectivity index (χ2v) is 5.06. The molecule has 5 heteroatoms. The van der Waals surface area contributed by atoms with Crippen molar-refractivity contribution in [3.63, 3.8) is 0 Å². The van der Waals surface area contributed by atoms with Crippen molar-refractivity contribution in [3.05, 3.63) is 28.8 Å². The maximum atomic E-state index is 12.1. The highest BCUT2D eigenvalue weighted by Crippen LogP contribution is 2.22. The van der Waals surface area contributed by atoms with Crippen LogP contribution in [0.2, 0.25) is 5.02 Å². The Bertz CT molecular complexity index is 438. The minimum Gasteiger partial charge on any atom is -0.392 e. The number of anilines is 1. The minimum atomic E-state index is -0.0443. The van der Waals surface area contributed by atoms with Gasteiger partial charge < -0.3 is 15.3 Å². The Balaban J connectivity index is 2.59. The highest BCUT2D eigenvalue weighted by atomic mass is 35.5. The summed E-state index contributed by atoms with van der Waals surface area (Å²) in [6.45, 7) is 5.76. The van der Waals surface area contributed by atoms with Crippen LogP contribution in [0.15, 0.2) is 18.2 Å². The zero-order chi connectivity index (χ0) is 15.0. The molecule has 0 bridgehead atoms. The van der Waals surface area contributed by atoms with Crippen LogP contribution < -0.4 is 5.32 Å². The average Bonchev–Trinajstić information content (AvgIpc) is 2.47. The fourth-order valence-electron chi connectivity index (χ4n) is 1.90. The minimum absolute atomic E-state index is 0.0443. The van der Waals surface area contributed by atoms with Gasteiger partial charge in [-0.3, -0.25) is 4.79 Å². The van der Waals surface area contributed by atoms with Crippen molar-refractivity contribution in [1.82, 2.24) is 4.90 Å². The van der Waals surface area contributed by atoms with E-state index in [1.165, 1.54) is 0 Å². The van der Waals surface area contributed by atoms with E-state index in [0.717, 1.165) is 24.9 Å². The van der Waals surface area contributed by atoms with Gasteiger partial charge in [0.15, 0.2) is 0 Å². The molecule has 0 aliphatic rings. The number of carbonyl (C=O) groups excluding carboxylic acids is 1. The second kappa shape index (κ2) is 8.82. The molecule has 0 spiro atoms. The summed E-state index contributed by atoms with van der Waals surface area (Å²) >= 11 is 6.06. The van der Waals surface area contributed by atoms with Crippen LogP contribution in [0, 0.1) is 0 Å². The number of aliphatic hydroxyl groups is 1. The van der Waals surface area contributed by atoms with Crippen LogP contribution in [0.3, 0.4) is 0 Å². The van der Waals surface area contributed by atoms with E-state index >= 15 is 0 Å². The normalized spacial score (nSPS) is 10.4. The van der Waals surface area contributed by atoms with Crippen molar-refractivity contribution in [2.45, 2.75) is 33.3 Å². The fourth-order valence-corrected chi connectivity index (χ4v) is 2.08. The molecule has 0 radical (unpaired) electrons. The van der Waals surface area contributed by atoms with Gasteiger partial charge in [0.1, 0.15) is 0 Å². The summed E-state index contributed by atoms with van der Waals surface area (Å²) in [5, 5.41) is 12.7. The number of halogens is 1. The molecule has 1 aromatic rings. The number of unbranched alkanes of at least 4 members (excludes halogenated alkanes) is 1. The third-order valence-electron chi connectivity index (χ3n) is 3.16. The number of carbonyl (C=O) groups is 1. The van der Waals surface area contributed by atoms with Gasteiger partial charge in [0.05, 0.1) is 23.9 Å². The molecule has 1 rings (SSSR count). The largest absolute Gasteiger partial charge is 0.392 e. The quantitative estimate of drug-likeness (QED) is 0.776. The summed E-state index contributed by atoms with van der Waals surface area (Å²) in [5.41, 5.74) is 1.45. The topological polar surface area (TPSA) is 52.6 Å². The molecule has 0 fully saturated rings. The standard InChI is InChI=1S/C15H23ClN2O2/c1-3-5-8-18(4-2)15(20)10-17-14-9-12(11-19)6-7-13(14)16/h6-7,9,17,19H,3-5,8,10-11H2,1-2H3. The zero-order valence-corrected chi connectivity index (χ0v) is 12.9. The number of rotatable bonds is 8. The molecule has 4 nitrogen and oxygen atoms in total. The van der Waals surface area contributed by atoms with Gasteiger partial charge in [0, 0.05) is 13.1 Å². The lowest BCUT2D eigenvalue weighted by molar-refractivity contribution is -0.129. The number of hydrogen-bond acceptors (Lipinski definition) is 3. The van der Waals surface area contributed by atoms with E-state index < -0.39 is 0 Å². The first-order chi connectivity index (χ1) is 9.62. The van der Waals surface area contributed by atoms with Gasteiger partial charge in [-0.15, -0.1) is 0 Å². The molecular formula is C15H23ClN2O2. The smallest absolute Gasteiger partial charge is 0.241 e. The highest BCUT2D eigenvalue weighted by molar-refractivity contribution is 6.33. The van der Waals surface area contributed by atoms with Crippen molar-refractivity contribution in [2.24, 2.45) is 0 Å².